The molecule has 4 rings (SSSR count). The highest BCUT2D eigenvalue weighted by molar-refractivity contribution is 6.04. The molecular formula is C19H18FN3O4. The standard InChI is InChI=1S/C19H18FN3O4/c20-14-6-5-12(23-7-8-27-19(23)26)10-16(14)22-18(25)13-9-11-3-1-2-4-15(11)21-17(13)24/h5-6,9-10H,1-4,7-8H2,(H,21,24)(H,22,25). The third kappa shape index (κ3) is 3.30. The van der Waals surface area contributed by atoms with Crippen molar-refractivity contribution < 1.29 is 18.7 Å². The molecule has 1 aromatic carbocycles. The van der Waals surface area contributed by atoms with E-state index in [-0.39, 0.29) is 17.9 Å². The zero-order valence-electron chi connectivity index (χ0n) is 14.5. The number of pyridine rings is 1. The molecule has 1 saturated heterocycles. The number of H-pyrrole nitrogens is 1. The lowest BCUT2D eigenvalue weighted by Gasteiger charge is -2.17. The first-order valence-corrected chi connectivity index (χ1v) is 8.83. The minimum atomic E-state index is -0.690. The predicted octanol–water partition coefficient (Wildman–Crippen LogP) is 2.60. The van der Waals surface area contributed by atoms with Crippen molar-refractivity contribution in [3.63, 3.8) is 0 Å². The van der Waals surface area contributed by atoms with Gasteiger partial charge >= 0.3 is 6.09 Å². The summed E-state index contributed by atoms with van der Waals surface area (Å²) in [6, 6.07) is 5.53. The number of aromatic amines is 1. The first kappa shape index (κ1) is 17.3. The number of ether oxygens (including phenoxy) is 1. The Morgan fingerprint density at radius 2 is 2.00 bits per heavy atom. The summed E-state index contributed by atoms with van der Waals surface area (Å²) in [4.78, 5) is 40.6. The zero-order chi connectivity index (χ0) is 19.0. The van der Waals surface area contributed by atoms with E-state index in [1.165, 1.54) is 17.0 Å². The highest BCUT2D eigenvalue weighted by atomic mass is 19.1. The van der Waals surface area contributed by atoms with Gasteiger partial charge in [0.25, 0.3) is 11.5 Å². The zero-order valence-corrected chi connectivity index (χ0v) is 14.5. The normalized spacial score (nSPS) is 16.0. The molecule has 2 aromatic rings. The summed E-state index contributed by atoms with van der Waals surface area (Å²) in [7, 11) is 0. The van der Waals surface area contributed by atoms with E-state index < -0.39 is 23.4 Å². The van der Waals surface area contributed by atoms with E-state index in [2.05, 4.69) is 10.3 Å². The van der Waals surface area contributed by atoms with Crippen LogP contribution < -0.4 is 15.8 Å². The van der Waals surface area contributed by atoms with Gasteiger partial charge in [0, 0.05) is 11.4 Å². The first-order valence-electron chi connectivity index (χ1n) is 8.83. The van der Waals surface area contributed by atoms with Crippen LogP contribution in [0.4, 0.5) is 20.6 Å². The van der Waals surface area contributed by atoms with E-state index in [4.69, 9.17) is 4.74 Å². The lowest BCUT2D eigenvalue weighted by molar-refractivity contribution is 0.102. The van der Waals surface area contributed by atoms with E-state index in [0.29, 0.717) is 12.2 Å². The lowest BCUT2D eigenvalue weighted by atomic mass is 9.95. The van der Waals surface area contributed by atoms with Crippen molar-refractivity contribution in [2.45, 2.75) is 25.7 Å². The number of rotatable bonds is 3. The predicted molar refractivity (Wildman–Crippen MR) is 96.8 cm³/mol. The van der Waals surface area contributed by atoms with Crippen LogP contribution in [0.2, 0.25) is 0 Å². The fourth-order valence-electron chi connectivity index (χ4n) is 3.44. The molecule has 2 N–H and O–H groups in total. The average molecular weight is 371 g/mol. The molecule has 8 heteroatoms. The van der Waals surface area contributed by atoms with Gasteiger partial charge in [0.15, 0.2) is 0 Å². The SMILES string of the molecule is O=C(Nc1cc(N2CCOC2=O)ccc1F)c1cc2c([nH]c1=O)CCCC2. The quantitative estimate of drug-likeness (QED) is 0.868. The van der Waals surface area contributed by atoms with E-state index in [1.54, 1.807) is 6.07 Å². The summed E-state index contributed by atoms with van der Waals surface area (Å²) in [6.45, 7) is 0.602. The van der Waals surface area contributed by atoms with Gasteiger partial charge in [-0.1, -0.05) is 0 Å². The Kier molecular flexibility index (Phi) is 4.39. The largest absolute Gasteiger partial charge is 0.447 e. The fourth-order valence-corrected chi connectivity index (χ4v) is 3.44. The molecule has 0 saturated carbocycles. The number of halogens is 1. The van der Waals surface area contributed by atoms with E-state index in [9.17, 15) is 18.8 Å². The number of cyclic esters (lactones) is 1. The van der Waals surface area contributed by atoms with Crippen LogP contribution in [0, 0.1) is 5.82 Å². The Balaban J connectivity index is 1.61. The Morgan fingerprint density at radius 1 is 1.19 bits per heavy atom. The van der Waals surface area contributed by atoms with Crippen molar-refractivity contribution in [3.05, 3.63) is 57.3 Å². The Hall–Kier alpha value is -3.16. The summed E-state index contributed by atoms with van der Waals surface area (Å²) in [5.74, 6) is -1.35. The van der Waals surface area contributed by atoms with Gasteiger partial charge in [0.05, 0.1) is 12.2 Å². The van der Waals surface area contributed by atoms with Gasteiger partial charge in [0.2, 0.25) is 0 Å². The third-order valence-electron chi connectivity index (χ3n) is 4.85. The Morgan fingerprint density at radius 3 is 2.78 bits per heavy atom. The number of aryl methyl sites for hydroxylation is 2. The van der Waals surface area contributed by atoms with Crippen LogP contribution in [0.15, 0.2) is 29.1 Å². The van der Waals surface area contributed by atoms with E-state index in [0.717, 1.165) is 43.0 Å². The number of nitrogens with zero attached hydrogens (tertiary/aromatic N) is 1. The minimum absolute atomic E-state index is 0.0546. The second-order valence-corrected chi connectivity index (χ2v) is 6.61. The highest BCUT2D eigenvalue weighted by Crippen LogP contribution is 2.25. The molecule has 2 heterocycles. The molecule has 2 aliphatic rings. The Labute approximate surface area is 154 Å². The number of fused-ring (bicyclic) bond motifs is 1. The van der Waals surface area contributed by atoms with Gasteiger partial charge in [-0.3, -0.25) is 14.5 Å². The number of aromatic nitrogens is 1. The number of benzene rings is 1. The van der Waals surface area contributed by atoms with Crippen LogP contribution in [0.25, 0.3) is 0 Å². The number of amides is 2. The maximum Gasteiger partial charge on any atom is 0.414 e. The van der Waals surface area contributed by atoms with Crippen LogP contribution in [0.5, 0.6) is 0 Å². The van der Waals surface area contributed by atoms with Crippen molar-refractivity contribution in [2.75, 3.05) is 23.4 Å². The monoisotopic (exact) mass is 371 g/mol. The number of hydrogen-bond donors (Lipinski definition) is 2. The van der Waals surface area contributed by atoms with Crippen molar-refractivity contribution in [3.8, 4) is 0 Å². The summed E-state index contributed by atoms with van der Waals surface area (Å²) in [5.41, 5.74) is 1.57. The molecule has 0 bridgehead atoms. The molecule has 1 fully saturated rings. The molecule has 1 aliphatic carbocycles. The highest BCUT2D eigenvalue weighted by Gasteiger charge is 2.25. The van der Waals surface area contributed by atoms with Gasteiger partial charge < -0.3 is 15.0 Å². The summed E-state index contributed by atoms with van der Waals surface area (Å²) < 4.78 is 19.0. The molecule has 1 aromatic heterocycles. The topological polar surface area (TPSA) is 91.5 Å². The summed E-state index contributed by atoms with van der Waals surface area (Å²) in [6.07, 6.45) is 3.07. The molecule has 2 amide bonds. The van der Waals surface area contributed by atoms with Crippen LogP contribution in [0.1, 0.15) is 34.5 Å². The molecule has 140 valence electrons. The molecule has 0 spiro atoms. The maximum absolute atomic E-state index is 14.2. The summed E-state index contributed by atoms with van der Waals surface area (Å²) in [5, 5.41) is 2.44. The van der Waals surface area contributed by atoms with E-state index in [1.807, 2.05) is 0 Å². The lowest BCUT2D eigenvalue weighted by Crippen LogP contribution is -2.27. The molecule has 0 radical (unpaired) electrons. The Bertz CT molecular complexity index is 985. The third-order valence-corrected chi connectivity index (χ3v) is 4.85. The number of nitrogens with one attached hydrogen (secondary N) is 2. The summed E-state index contributed by atoms with van der Waals surface area (Å²) >= 11 is 0. The van der Waals surface area contributed by atoms with Crippen LogP contribution in [-0.4, -0.2) is 30.1 Å². The second kappa shape index (κ2) is 6.86. The van der Waals surface area contributed by atoms with Crippen molar-refractivity contribution in [1.82, 2.24) is 4.98 Å². The molecule has 27 heavy (non-hydrogen) atoms. The van der Waals surface area contributed by atoms with Gasteiger partial charge in [-0.05, 0) is 55.5 Å². The average Bonchev–Trinajstić information content (AvgIpc) is 3.09. The molecule has 1 aliphatic heterocycles. The van der Waals surface area contributed by atoms with Gasteiger partial charge in [-0.15, -0.1) is 0 Å². The smallest absolute Gasteiger partial charge is 0.414 e. The first-order chi connectivity index (χ1) is 13.0. The van der Waals surface area contributed by atoms with Crippen LogP contribution >= 0.6 is 0 Å². The number of hydrogen-bond acceptors (Lipinski definition) is 4. The van der Waals surface area contributed by atoms with Crippen LogP contribution in [-0.2, 0) is 17.6 Å². The second-order valence-electron chi connectivity index (χ2n) is 6.61. The van der Waals surface area contributed by atoms with Crippen molar-refractivity contribution in [1.29, 1.82) is 0 Å². The molecule has 0 unspecified atom stereocenters. The van der Waals surface area contributed by atoms with Crippen LogP contribution in [0.3, 0.4) is 0 Å². The molecule has 7 nitrogen and oxygen atoms in total. The van der Waals surface area contributed by atoms with Gasteiger partial charge in [0.1, 0.15) is 18.0 Å². The van der Waals surface area contributed by atoms with Gasteiger partial charge in [-0.2, -0.15) is 0 Å². The minimum Gasteiger partial charge on any atom is -0.447 e. The number of carbonyl (C=O) groups is 2. The maximum atomic E-state index is 14.2. The van der Waals surface area contributed by atoms with Gasteiger partial charge in [-0.25, -0.2) is 9.18 Å². The fraction of sp³-hybridized carbons (Fsp3) is 0.316. The van der Waals surface area contributed by atoms with Crippen molar-refractivity contribution >= 4 is 23.4 Å². The molecular weight excluding hydrogens is 353 g/mol. The number of carbonyl (C=O) groups excluding carboxylic acids is 2. The molecule has 0 atom stereocenters. The number of anilines is 2. The van der Waals surface area contributed by atoms with Crippen molar-refractivity contribution in [2.24, 2.45) is 0 Å². The van der Waals surface area contributed by atoms with E-state index >= 15 is 0 Å².